The Balaban J connectivity index is 1.80. The fraction of sp³-hybridized carbons (Fsp3) is 0.545. The lowest BCUT2D eigenvalue weighted by Gasteiger charge is -2.09. The van der Waals surface area contributed by atoms with Crippen LogP contribution >= 0.6 is 0 Å². The molecule has 0 aliphatic carbocycles. The van der Waals surface area contributed by atoms with Crippen molar-refractivity contribution >= 4 is 5.91 Å². The van der Waals surface area contributed by atoms with E-state index in [1.54, 1.807) is 0 Å². The van der Waals surface area contributed by atoms with Gasteiger partial charge in [0.05, 0.1) is 0 Å². The highest BCUT2D eigenvalue weighted by Crippen LogP contribution is 2.11. The monoisotopic (exact) mass is 208 g/mol. The fourth-order valence-corrected chi connectivity index (χ4v) is 1.75. The SMILES string of the molecule is Cn1ccc(CNC(=O)C2CCCO2)c1. The number of carbonyl (C=O) groups excluding carboxylic acids is 1. The number of aryl methyl sites for hydroxylation is 1. The van der Waals surface area contributed by atoms with E-state index in [1.807, 2.05) is 30.1 Å². The lowest BCUT2D eigenvalue weighted by Crippen LogP contribution is -2.33. The quantitative estimate of drug-likeness (QED) is 0.799. The van der Waals surface area contributed by atoms with E-state index in [4.69, 9.17) is 4.74 Å². The predicted molar refractivity (Wildman–Crippen MR) is 56.2 cm³/mol. The second kappa shape index (κ2) is 4.49. The van der Waals surface area contributed by atoms with E-state index >= 15 is 0 Å². The third-order valence-electron chi connectivity index (χ3n) is 2.58. The topological polar surface area (TPSA) is 43.3 Å². The van der Waals surface area contributed by atoms with Crippen molar-refractivity contribution in [1.82, 2.24) is 9.88 Å². The summed E-state index contributed by atoms with van der Waals surface area (Å²) in [6.07, 6.45) is 5.57. The minimum atomic E-state index is -0.228. The fourth-order valence-electron chi connectivity index (χ4n) is 1.75. The largest absolute Gasteiger partial charge is 0.368 e. The van der Waals surface area contributed by atoms with Crippen LogP contribution in [-0.2, 0) is 23.1 Å². The van der Waals surface area contributed by atoms with Gasteiger partial charge in [-0.3, -0.25) is 4.79 Å². The summed E-state index contributed by atoms with van der Waals surface area (Å²) in [4.78, 5) is 11.6. The van der Waals surface area contributed by atoms with Gasteiger partial charge in [0.1, 0.15) is 6.10 Å². The number of hydrogen-bond acceptors (Lipinski definition) is 2. The first-order chi connectivity index (χ1) is 7.25. The summed E-state index contributed by atoms with van der Waals surface area (Å²) in [7, 11) is 1.96. The molecular formula is C11H16N2O2. The highest BCUT2D eigenvalue weighted by molar-refractivity contribution is 5.80. The van der Waals surface area contributed by atoms with E-state index in [0.717, 1.165) is 18.4 Å². The summed E-state index contributed by atoms with van der Waals surface area (Å²) in [6, 6.07) is 2.00. The number of nitrogens with zero attached hydrogens (tertiary/aromatic N) is 1. The van der Waals surface area contributed by atoms with Gasteiger partial charge >= 0.3 is 0 Å². The first-order valence-electron chi connectivity index (χ1n) is 5.26. The molecule has 0 bridgehead atoms. The van der Waals surface area contributed by atoms with Crippen molar-refractivity contribution in [2.24, 2.45) is 7.05 Å². The van der Waals surface area contributed by atoms with Crippen LogP contribution in [0.3, 0.4) is 0 Å². The summed E-state index contributed by atoms with van der Waals surface area (Å²) in [5, 5.41) is 2.88. The van der Waals surface area contributed by atoms with Crippen molar-refractivity contribution in [2.45, 2.75) is 25.5 Å². The molecule has 1 aromatic rings. The number of amides is 1. The summed E-state index contributed by atoms with van der Waals surface area (Å²) >= 11 is 0. The summed E-state index contributed by atoms with van der Waals surface area (Å²) in [5.74, 6) is 0.0105. The van der Waals surface area contributed by atoms with Crippen LogP contribution in [0.5, 0.6) is 0 Å². The molecule has 2 heterocycles. The van der Waals surface area contributed by atoms with Crippen LogP contribution < -0.4 is 5.32 Å². The van der Waals surface area contributed by atoms with Gasteiger partial charge in [0.15, 0.2) is 0 Å². The number of carbonyl (C=O) groups is 1. The molecule has 1 N–H and O–H groups in total. The van der Waals surface area contributed by atoms with E-state index in [1.165, 1.54) is 0 Å². The highest BCUT2D eigenvalue weighted by atomic mass is 16.5. The van der Waals surface area contributed by atoms with Gasteiger partial charge in [-0.1, -0.05) is 0 Å². The third kappa shape index (κ3) is 2.59. The van der Waals surface area contributed by atoms with Gasteiger partial charge in [0, 0.05) is 32.6 Å². The number of hydrogen-bond donors (Lipinski definition) is 1. The van der Waals surface area contributed by atoms with Crippen LogP contribution in [0.15, 0.2) is 18.5 Å². The number of aromatic nitrogens is 1. The van der Waals surface area contributed by atoms with Crippen LogP contribution in [0.4, 0.5) is 0 Å². The van der Waals surface area contributed by atoms with E-state index in [2.05, 4.69) is 5.32 Å². The van der Waals surface area contributed by atoms with Gasteiger partial charge in [0.2, 0.25) is 5.91 Å². The summed E-state index contributed by atoms with van der Waals surface area (Å²) in [5.41, 5.74) is 1.11. The van der Waals surface area contributed by atoms with Gasteiger partial charge < -0.3 is 14.6 Å². The Hall–Kier alpha value is -1.29. The molecule has 0 radical (unpaired) electrons. The average molecular weight is 208 g/mol. The van der Waals surface area contributed by atoms with Crippen LogP contribution in [-0.4, -0.2) is 23.2 Å². The van der Waals surface area contributed by atoms with Crippen LogP contribution in [0.1, 0.15) is 18.4 Å². The van der Waals surface area contributed by atoms with Gasteiger partial charge in [-0.15, -0.1) is 0 Å². The smallest absolute Gasteiger partial charge is 0.249 e. The van der Waals surface area contributed by atoms with Crippen molar-refractivity contribution in [3.63, 3.8) is 0 Å². The van der Waals surface area contributed by atoms with Crippen molar-refractivity contribution in [2.75, 3.05) is 6.61 Å². The Bertz CT molecular complexity index is 340. The van der Waals surface area contributed by atoms with E-state index in [9.17, 15) is 4.79 Å². The number of rotatable bonds is 3. The van der Waals surface area contributed by atoms with Gasteiger partial charge in [0.25, 0.3) is 0 Å². The number of nitrogens with one attached hydrogen (secondary N) is 1. The third-order valence-corrected chi connectivity index (χ3v) is 2.58. The molecule has 82 valence electrons. The molecule has 1 aromatic heterocycles. The number of ether oxygens (including phenoxy) is 1. The normalized spacial score (nSPS) is 20.5. The molecule has 2 rings (SSSR count). The maximum atomic E-state index is 11.6. The van der Waals surface area contributed by atoms with Crippen molar-refractivity contribution in [3.8, 4) is 0 Å². The highest BCUT2D eigenvalue weighted by Gasteiger charge is 2.22. The molecule has 15 heavy (non-hydrogen) atoms. The Kier molecular flexibility index (Phi) is 3.06. The molecule has 1 fully saturated rings. The molecule has 1 saturated heterocycles. The molecule has 1 unspecified atom stereocenters. The molecule has 0 saturated carbocycles. The molecule has 0 spiro atoms. The molecule has 4 nitrogen and oxygen atoms in total. The van der Waals surface area contributed by atoms with E-state index in [-0.39, 0.29) is 12.0 Å². The van der Waals surface area contributed by atoms with Crippen LogP contribution in [0.2, 0.25) is 0 Å². The Morgan fingerprint density at radius 1 is 1.73 bits per heavy atom. The Labute approximate surface area is 89.2 Å². The van der Waals surface area contributed by atoms with Gasteiger partial charge in [-0.2, -0.15) is 0 Å². The maximum Gasteiger partial charge on any atom is 0.249 e. The first kappa shape index (κ1) is 10.2. The average Bonchev–Trinajstić information content (AvgIpc) is 2.84. The Morgan fingerprint density at radius 2 is 2.60 bits per heavy atom. The molecule has 1 atom stereocenters. The minimum absolute atomic E-state index is 0.0105. The van der Waals surface area contributed by atoms with E-state index < -0.39 is 0 Å². The molecule has 1 aliphatic heterocycles. The molecule has 1 aliphatic rings. The molecular weight excluding hydrogens is 192 g/mol. The zero-order valence-electron chi connectivity index (χ0n) is 8.90. The standard InChI is InChI=1S/C11H16N2O2/c1-13-5-4-9(8-13)7-12-11(14)10-3-2-6-15-10/h4-5,8,10H,2-3,6-7H2,1H3,(H,12,14). The zero-order valence-corrected chi connectivity index (χ0v) is 8.90. The molecule has 0 aromatic carbocycles. The molecule has 4 heteroatoms. The summed E-state index contributed by atoms with van der Waals surface area (Å²) in [6.45, 7) is 1.29. The van der Waals surface area contributed by atoms with Crippen LogP contribution in [0, 0.1) is 0 Å². The predicted octanol–water partition coefficient (Wildman–Crippen LogP) is 0.820. The van der Waals surface area contributed by atoms with Gasteiger partial charge in [-0.25, -0.2) is 0 Å². The van der Waals surface area contributed by atoms with Gasteiger partial charge in [-0.05, 0) is 24.5 Å². The first-order valence-corrected chi connectivity index (χ1v) is 5.26. The van der Waals surface area contributed by atoms with Crippen molar-refractivity contribution in [1.29, 1.82) is 0 Å². The molecule has 1 amide bonds. The van der Waals surface area contributed by atoms with E-state index in [0.29, 0.717) is 13.2 Å². The lowest BCUT2D eigenvalue weighted by molar-refractivity contribution is -0.130. The second-order valence-electron chi connectivity index (χ2n) is 3.90. The lowest BCUT2D eigenvalue weighted by atomic mass is 10.2. The zero-order chi connectivity index (χ0) is 10.7. The van der Waals surface area contributed by atoms with Crippen molar-refractivity contribution < 1.29 is 9.53 Å². The minimum Gasteiger partial charge on any atom is -0.368 e. The summed E-state index contributed by atoms with van der Waals surface area (Å²) < 4.78 is 7.26. The second-order valence-corrected chi connectivity index (χ2v) is 3.90. The van der Waals surface area contributed by atoms with Crippen molar-refractivity contribution in [3.05, 3.63) is 24.0 Å². The Morgan fingerprint density at radius 3 is 3.20 bits per heavy atom. The van der Waals surface area contributed by atoms with Crippen LogP contribution in [0.25, 0.3) is 0 Å². The maximum absolute atomic E-state index is 11.6.